The number of aliphatic hydroxyl groups is 1. The summed E-state index contributed by atoms with van der Waals surface area (Å²) in [6, 6.07) is 6.49. The van der Waals surface area contributed by atoms with E-state index in [2.05, 4.69) is 23.4 Å². The molecule has 1 aliphatic rings. The van der Waals surface area contributed by atoms with Crippen molar-refractivity contribution < 1.29 is 14.9 Å². The SMILES string of the molecule is CC[NH+](CC)C[C@@H](O)Cn1c(-c2cccc([N+](=O)[O-])c2)nc(=S)c2c1CCCC2. The predicted molar refractivity (Wildman–Crippen MR) is 115 cm³/mol. The van der Waals surface area contributed by atoms with Crippen LogP contribution in [0.2, 0.25) is 0 Å². The van der Waals surface area contributed by atoms with Crippen LogP contribution in [-0.4, -0.2) is 45.3 Å². The summed E-state index contributed by atoms with van der Waals surface area (Å²) in [6.45, 7) is 7.20. The summed E-state index contributed by atoms with van der Waals surface area (Å²) in [5.41, 5.74) is 2.88. The van der Waals surface area contributed by atoms with Crippen molar-refractivity contribution in [1.82, 2.24) is 9.55 Å². The standard InChI is InChI=1S/C21H28N4O3S/c1-3-23(4-2)13-17(26)14-24-19-11-6-5-10-18(19)21(29)22-20(24)15-8-7-9-16(12-15)25(27)28/h7-9,12,17,26H,3-6,10-11,13-14H2,1-2H3/p+1/t17-/m1/s1. The average molecular weight is 418 g/mol. The summed E-state index contributed by atoms with van der Waals surface area (Å²) in [5.74, 6) is 0.605. The Morgan fingerprint density at radius 3 is 2.72 bits per heavy atom. The van der Waals surface area contributed by atoms with Crippen LogP contribution in [0.5, 0.6) is 0 Å². The molecule has 8 heteroatoms. The second-order valence-electron chi connectivity index (χ2n) is 7.61. The number of fused-ring (bicyclic) bond motifs is 1. The number of non-ortho nitro benzene ring substituents is 1. The largest absolute Gasteiger partial charge is 0.385 e. The van der Waals surface area contributed by atoms with Crippen molar-refractivity contribution in [3.8, 4) is 11.4 Å². The van der Waals surface area contributed by atoms with Gasteiger partial charge in [-0.1, -0.05) is 24.4 Å². The maximum atomic E-state index is 11.2. The van der Waals surface area contributed by atoms with Crippen molar-refractivity contribution in [2.24, 2.45) is 0 Å². The number of nitro groups is 1. The summed E-state index contributed by atoms with van der Waals surface area (Å²) in [5, 5.41) is 22.1. The monoisotopic (exact) mass is 417 g/mol. The van der Waals surface area contributed by atoms with E-state index < -0.39 is 11.0 Å². The highest BCUT2D eigenvalue weighted by Gasteiger charge is 2.23. The molecule has 2 aromatic rings. The number of benzene rings is 1. The van der Waals surface area contributed by atoms with Crippen LogP contribution in [-0.2, 0) is 19.4 Å². The molecule has 2 N–H and O–H groups in total. The first kappa shape index (κ1) is 21.5. The molecule has 1 aromatic carbocycles. The van der Waals surface area contributed by atoms with Gasteiger partial charge in [0.2, 0.25) is 0 Å². The van der Waals surface area contributed by atoms with E-state index >= 15 is 0 Å². The third kappa shape index (κ3) is 4.88. The van der Waals surface area contributed by atoms with Gasteiger partial charge in [0.25, 0.3) is 5.69 Å². The van der Waals surface area contributed by atoms with Gasteiger partial charge >= 0.3 is 0 Å². The van der Waals surface area contributed by atoms with Crippen LogP contribution >= 0.6 is 12.2 Å². The highest BCUT2D eigenvalue weighted by molar-refractivity contribution is 7.71. The van der Waals surface area contributed by atoms with Gasteiger partial charge in [-0.15, -0.1) is 0 Å². The summed E-state index contributed by atoms with van der Waals surface area (Å²) >= 11 is 5.57. The fourth-order valence-corrected chi connectivity index (χ4v) is 4.40. The van der Waals surface area contributed by atoms with Gasteiger partial charge in [0, 0.05) is 29.0 Å². The Morgan fingerprint density at radius 1 is 1.31 bits per heavy atom. The first-order valence-electron chi connectivity index (χ1n) is 10.3. The zero-order valence-corrected chi connectivity index (χ0v) is 17.9. The molecule has 0 aliphatic heterocycles. The quantitative estimate of drug-likeness (QED) is 0.391. The molecule has 3 rings (SSSR count). The lowest BCUT2D eigenvalue weighted by atomic mass is 9.96. The number of nitro benzene ring substituents is 1. The Bertz CT molecular complexity index is 940. The van der Waals surface area contributed by atoms with Gasteiger partial charge in [-0.3, -0.25) is 10.1 Å². The number of quaternary nitrogens is 1. The van der Waals surface area contributed by atoms with Crippen molar-refractivity contribution in [2.75, 3.05) is 19.6 Å². The molecule has 0 bridgehead atoms. The fraction of sp³-hybridized carbons (Fsp3) is 0.524. The van der Waals surface area contributed by atoms with Crippen LogP contribution in [0.1, 0.15) is 37.9 Å². The molecule has 0 radical (unpaired) electrons. The van der Waals surface area contributed by atoms with Crippen molar-refractivity contribution in [1.29, 1.82) is 0 Å². The number of rotatable bonds is 8. The summed E-state index contributed by atoms with van der Waals surface area (Å²) in [4.78, 5) is 16.8. The number of nitrogens with one attached hydrogen (secondary N) is 1. The molecule has 29 heavy (non-hydrogen) atoms. The van der Waals surface area contributed by atoms with Crippen molar-refractivity contribution in [3.63, 3.8) is 0 Å². The maximum absolute atomic E-state index is 11.2. The topological polar surface area (TPSA) is 85.6 Å². The van der Waals surface area contributed by atoms with E-state index in [1.54, 1.807) is 6.07 Å². The van der Waals surface area contributed by atoms with Crippen LogP contribution in [0.4, 0.5) is 5.69 Å². The van der Waals surface area contributed by atoms with E-state index in [9.17, 15) is 15.2 Å². The molecule has 0 spiro atoms. The highest BCUT2D eigenvalue weighted by atomic mass is 32.1. The van der Waals surface area contributed by atoms with Gasteiger partial charge in [0.15, 0.2) is 0 Å². The Hall–Kier alpha value is -2.16. The Labute approximate surface area is 176 Å². The van der Waals surface area contributed by atoms with Crippen molar-refractivity contribution >= 4 is 17.9 Å². The maximum Gasteiger partial charge on any atom is 0.270 e. The summed E-state index contributed by atoms with van der Waals surface area (Å²) in [7, 11) is 0. The van der Waals surface area contributed by atoms with Gasteiger partial charge in [-0.25, -0.2) is 4.98 Å². The number of nitrogens with zero attached hydrogens (tertiary/aromatic N) is 3. The van der Waals surface area contributed by atoms with Crippen LogP contribution < -0.4 is 4.90 Å². The first-order valence-corrected chi connectivity index (χ1v) is 10.7. The Morgan fingerprint density at radius 2 is 2.03 bits per heavy atom. The lowest BCUT2D eigenvalue weighted by molar-refractivity contribution is -0.899. The lowest BCUT2D eigenvalue weighted by Gasteiger charge is -2.27. The second kappa shape index (κ2) is 9.56. The third-order valence-electron chi connectivity index (χ3n) is 5.72. The normalized spacial score (nSPS) is 14.6. The van der Waals surface area contributed by atoms with Gasteiger partial charge < -0.3 is 14.6 Å². The van der Waals surface area contributed by atoms with Crippen LogP contribution in [0.3, 0.4) is 0 Å². The lowest BCUT2D eigenvalue weighted by Crippen LogP contribution is -3.12. The molecule has 0 saturated carbocycles. The van der Waals surface area contributed by atoms with E-state index in [4.69, 9.17) is 12.2 Å². The minimum Gasteiger partial charge on any atom is -0.385 e. The van der Waals surface area contributed by atoms with Gasteiger partial charge in [-0.2, -0.15) is 0 Å². The molecule has 0 amide bonds. The minimum absolute atomic E-state index is 0.0209. The van der Waals surface area contributed by atoms with E-state index in [0.29, 0.717) is 29.1 Å². The first-order chi connectivity index (χ1) is 13.9. The Balaban J connectivity index is 2.08. The fourth-order valence-electron chi connectivity index (χ4n) is 4.09. The number of hydrogen-bond acceptors (Lipinski definition) is 5. The number of aliphatic hydroxyl groups excluding tert-OH is 1. The van der Waals surface area contributed by atoms with E-state index in [1.807, 2.05) is 6.07 Å². The van der Waals surface area contributed by atoms with Gasteiger partial charge in [0.05, 0.1) is 24.6 Å². The molecule has 156 valence electrons. The second-order valence-corrected chi connectivity index (χ2v) is 7.99. The van der Waals surface area contributed by atoms with Crippen molar-refractivity contribution in [2.45, 2.75) is 52.2 Å². The molecular formula is C21H29N4O3S+. The Kier molecular flexibility index (Phi) is 7.10. The van der Waals surface area contributed by atoms with Crippen LogP contribution in [0.25, 0.3) is 11.4 Å². The summed E-state index contributed by atoms with van der Waals surface area (Å²) < 4.78 is 2.62. The van der Waals surface area contributed by atoms with Crippen molar-refractivity contribution in [3.05, 3.63) is 50.3 Å². The molecular weight excluding hydrogens is 388 g/mol. The van der Waals surface area contributed by atoms with Gasteiger partial charge in [0.1, 0.15) is 23.1 Å². The third-order valence-corrected chi connectivity index (χ3v) is 6.06. The van der Waals surface area contributed by atoms with E-state index in [0.717, 1.165) is 50.0 Å². The molecule has 1 heterocycles. The van der Waals surface area contributed by atoms with E-state index in [-0.39, 0.29) is 5.69 Å². The van der Waals surface area contributed by atoms with Crippen LogP contribution in [0, 0.1) is 14.8 Å². The zero-order chi connectivity index (χ0) is 21.0. The van der Waals surface area contributed by atoms with E-state index in [1.165, 1.54) is 17.0 Å². The molecule has 0 saturated heterocycles. The number of likely N-dealkylation sites (N-methyl/N-ethyl adjacent to an activating group) is 1. The smallest absolute Gasteiger partial charge is 0.270 e. The molecule has 7 nitrogen and oxygen atoms in total. The molecule has 0 fully saturated rings. The molecule has 1 aliphatic carbocycles. The summed E-state index contributed by atoms with van der Waals surface area (Å²) in [6.07, 6.45) is 3.40. The van der Waals surface area contributed by atoms with Gasteiger partial charge in [-0.05, 0) is 39.5 Å². The minimum atomic E-state index is -0.531. The van der Waals surface area contributed by atoms with Crippen LogP contribution in [0.15, 0.2) is 24.3 Å². The average Bonchev–Trinajstić information content (AvgIpc) is 2.74. The molecule has 1 atom stereocenters. The highest BCUT2D eigenvalue weighted by Crippen LogP contribution is 2.29. The predicted octanol–water partition coefficient (Wildman–Crippen LogP) is 2.35. The number of hydrogen-bond donors (Lipinski definition) is 2. The molecule has 1 aromatic heterocycles. The zero-order valence-electron chi connectivity index (χ0n) is 17.1. The number of aromatic nitrogens is 2. The molecule has 0 unspecified atom stereocenters.